The molecule has 0 aromatic heterocycles. The molecule has 0 aliphatic carbocycles. The Hall–Kier alpha value is -1.64. The average Bonchev–Trinajstić information content (AvgIpc) is 2.52. The van der Waals surface area contributed by atoms with Crippen LogP contribution in [0.3, 0.4) is 0 Å². The molecule has 5 nitrogen and oxygen atoms in total. The maximum Gasteiger partial charge on any atom is 0.410 e. The summed E-state index contributed by atoms with van der Waals surface area (Å²) in [7, 11) is 0. The molecule has 0 atom stereocenters. The summed E-state index contributed by atoms with van der Waals surface area (Å²) in [5.74, 6) is 0.707. The number of likely N-dealkylation sites (tertiary alicyclic amines) is 1. The van der Waals surface area contributed by atoms with Crippen molar-refractivity contribution in [2.24, 2.45) is 5.92 Å². The first-order valence-electron chi connectivity index (χ1n) is 8.19. The fraction of sp³-hybridized carbons (Fsp3) is 0.556. The number of carbonyl (C=O) groups excluding carboxylic acids is 1. The second-order valence-corrected chi connectivity index (χ2v) is 7.92. The van der Waals surface area contributed by atoms with Crippen molar-refractivity contribution >= 4 is 29.3 Å². The molecular formula is C18H22Cl2N2O3. The third-order valence-corrected chi connectivity index (χ3v) is 4.42. The van der Waals surface area contributed by atoms with Gasteiger partial charge >= 0.3 is 6.09 Å². The molecule has 136 valence electrons. The normalized spacial score (nSPS) is 15.6. The molecule has 1 aromatic rings. The van der Waals surface area contributed by atoms with Crippen LogP contribution in [-0.2, 0) is 4.74 Å². The SMILES string of the molecule is CC(C)(C)OC(=O)N1CCC(COc2c(Cl)cc(C#N)cc2Cl)CC1. The predicted molar refractivity (Wildman–Crippen MR) is 97.2 cm³/mol. The minimum absolute atomic E-state index is 0.273. The van der Waals surface area contributed by atoms with Crippen LogP contribution < -0.4 is 4.74 Å². The van der Waals surface area contributed by atoms with E-state index in [4.69, 9.17) is 37.9 Å². The summed E-state index contributed by atoms with van der Waals surface area (Å²) in [6.07, 6.45) is 1.38. The van der Waals surface area contributed by atoms with E-state index in [1.165, 1.54) is 12.1 Å². The standard InChI is InChI=1S/C18H22Cl2N2O3/c1-18(2,3)25-17(23)22-6-4-12(5-7-22)11-24-16-14(19)8-13(10-21)9-15(16)20/h8-9,12H,4-7,11H2,1-3H3. The van der Waals surface area contributed by atoms with Crippen molar-refractivity contribution in [3.05, 3.63) is 27.7 Å². The Balaban J connectivity index is 1.85. The van der Waals surface area contributed by atoms with E-state index in [1.807, 2.05) is 26.8 Å². The molecule has 0 N–H and O–H groups in total. The highest BCUT2D eigenvalue weighted by atomic mass is 35.5. The van der Waals surface area contributed by atoms with Crippen LogP contribution in [0.15, 0.2) is 12.1 Å². The number of halogens is 2. The highest BCUT2D eigenvalue weighted by molar-refractivity contribution is 6.37. The Morgan fingerprint density at radius 1 is 1.28 bits per heavy atom. The number of nitrogens with zero attached hydrogens (tertiary/aromatic N) is 2. The van der Waals surface area contributed by atoms with E-state index >= 15 is 0 Å². The van der Waals surface area contributed by atoms with Crippen LogP contribution in [0, 0.1) is 17.2 Å². The highest BCUT2D eigenvalue weighted by Gasteiger charge is 2.27. The number of hydrogen-bond donors (Lipinski definition) is 0. The van der Waals surface area contributed by atoms with Crippen molar-refractivity contribution in [1.29, 1.82) is 5.26 Å². The van der Waals surface area contributed by atoms with E-state index in [1.54, 1.807) is 4.90 Å². The molecule has 1 aliphatic heterocycles. The summed E-state index contributed by atoms with van der Waals surface area (Å²) in [6, 6.07) is 5.07. The van der Waals surface area contributed by atoms with Gasteiger partial charge < -0.3 is 14.4 Å². The summed E-state index contributed by atoms with van der Waals surface area (Å²) in [4.78, 5) is 13.8. The first-order chi connectivity index (χ1) is 11.7. The topological polar surface area (TPSA) is 62.6 Å². The summed E-state index contributed by atoms with van der Waals surface area (Å²) in [5.41, 5.74) is -0.0897. The largest absolute Gasteiger partial charge is 0.490 e. The van der Waals surface area contributed by atoms with E-state index in [-0.39, 0.29) is 6.09 Å². The van der Waals surface area contributed by atoms with E-state index in [0.717, 1.165) is 12.8 Å². The second-order valence-electron chi connectivity index (χ2n) is 7.10. The van der Waals surface area contributed by atoms with Crippen LogP contribution in [0.2, 0.25) is 10.0 Å². The van der Waals surface area contributed by atoms with Crippen LogP contribution in [0.4, 0.5) is 4.79 Å². The number of benzene rings is 1. The van der Waals surface area contributed by atoms with Gasteiger partial charge in [-0.2, -0.15) is 5.26 Å². The lowest BCUT2D eigenvalue weighted by atomic mass is 9.98. The lowest BCUT2D eigenvalue weighted by Crippen LogP contribution is -2.42. The van der Waals surface area contributed by atoms with E-state index < -0.39 is 5.60 Å². The van der Waals surface area contributed by atoms with Gasteiger partial charge in [-0.05, 0) is 51.7 Å². The lowest BCUT2D eigenvalue weighted by molar-refractivity contribution is 0.0165. The molecule has 0 unspecified atom stereocenters. The van der Waals surface area contributed by atoms with Gasteiger partial charge in [0.2, 0.25) is 0 Å². The molecule has 2 rings (SSSR count). The van der Waals surface area contributed by atoms with Gasteiger partial charge in [0.05, 0.1) is 28.3 Å². The molecular weight excluding hydrogens is 363 g/mol. The minimum atomic E-state index is -0.486. The van der Waals surface area contributed by atoms with Crippen molar-refractivity contribution in [2.45, 2.75) is 39.2 Å². The Morgan fingerprint density at radius 3 is 2.32 bits per heavy atom. The molecule has 0 radical (unpaired) electrons. The molecule has 1 aromatic carbocycles. The Bertz CT molecular complexity index is 649. The van der Waals surface area contributed by atoms with Gasteiger partial charge in [-0.3, -0.25) is 0 Å². The quantitative estimate of drug-likeness (QED) is 0.743. The molecule has 1 aliphatic rings. The zero-order valence-corrected chi connectivity index (χ0v) is 16.2. The van der Waals surface area contributed by atoms with E-state index in [9.17, 15) is 4.79 Å². The lowest BCUT2D eigenvalue weighted by Gasteiger charge is -2.33. The number of rotatable bonds is 3. The van der Waals surface area contributed by atoms with Gasteiger partial charge in [-0.25, -0.2) is 4.79 Å². The second kappa shape index (κ2) is 8.16. The third-order valence-electron chi connectivity index (χ3n) is 3.86. The molecule has 1 heterocycles. The number of carbonyl (C=O) groups is 1. The first kappa shape index (κ1) is 19.7. The summed E-state index contributed by atoms with van der Waals surface area (Å²) < 4.78 is 11.2. The van der Waals surface area contributed by atoms with Crippen molar-refractivity contribution in [1.82, 2.24) is 4.90 Å². The fourth-order valence-electron chi connectivity index (χ4n) is 2.57. The number of hydrogen-bond acceptors (Lipinski definition) is 4. The van der Waals surface area contributed by atoms with Crippen LogP contribution in [0.5, 0.6) is 5.75 Å². The van der Waals surface area contributed by atoms with Crippen molar-refractivity contribution in [3.8, 4) is 11.8 Å². The summed E-state index contributed by atoms with van der Waals surface area (Å²) in [5, 5.41) is 9.56. The average molecular weight is 385 g/mol. The predicted octanol–water partition coefficient (Wildman–Crippen LogP) is 4.89. The molecule has 0 spiro atoms. The van der Waals surface area contributed by atoms with E-state index in [2.05, 4.69) is 0 Å². The monoisotopic (exact) mass is 384 g/mol. The molecule has 1 fully saturated rings. The molecule has 0 bridgehead atoms. The minimum Gasteiger partial charge on any atom is -0.490 e. The molecule has 0 saturated carbocycles. The maximum atomic E-state index is 12.1. The molecule has 1 amide bonds. The van der Waals surface area contributed by atoms with Gasteiger partial charge in [0.25, 0.3) is 0 Å². The number of amides is 1. The van der Waals surface area contributed by atoms with Crippen LogP contribution in [0.1, 0.15) is 39.2 Å². The van der Waals surface area contributed by atoms with Crippen LogP contribution >= 0.6 is 23.2 Å². The Labute approximate surface area is 158 Å². The summed E-state index contributed by atoms with van der Waals surface area (Å²) >= 11 is 12.3. The van der Waals surface area contributed by atoms with Crippen molar-refractivity contribution in [3.63, 3.8) is 0 Å². The summed E-state index contributed by atoms with van der Waals surface area (Å²) in [6.45, 7) is 7.31. The molecule has 25 heavy (non-hydrogen) atoms. The van der Waals surface area contributed by atoms with Gasteiger partial charge in [0, 0.05) is 13.1 Å². The third kappa shape index (κ3) is 5.69. The number of piperidine rings is 1. The zero-order chi connectivity index (χ0) is 18.6. The van der Waals surface area contributed by atoms with Crippen LogP contribution in [0.25, 0.3) is 0 Å². The number of nitriles is 1. The van der Waals surface area contributed by atoms with Crippen LogP contribution in [-0.4, -0.2) is 36.3 Å². The fourth-order valence-corrected chi connectivity index (χ4v) is 3.17. The maximum absolute atomic E-state index is 12.1. The zero-order valence-electron chi connectivity index (χ0n) is 14.6. The van der Waals surface area contributed by atoms with Crippen molar-refractivity contribution < 1.29 is 14.3 Å². The smallest absolute Gasteiger partial charge is 0.410 e. The van der Waals surface area contributed by atoms with Gasteiger partial charge in [-0.1, -0.05) is 23.2 Å². The Morgan fingerprint density at radius 2 is 1.84 bits per heavy atom. The van der Waals surface area contributed by atoms with Crippen molar-refractivity contribution in [2.75, 3.05) is 19.7 Å². The van der Waals surface area contributed by atoms with E-state index in [0.29, 0.717) is 47.0 Å². The van der Waals surface area contributed by atoms with Gasteiger partial charge in [0.1, 0.15) is 5.60 Å². The van der Waals surface area contributed by atoms with Gasteiger partial charge in [0.15, 0.2) is 5.75 Å². The van der Waals surface area contributed by atoms with Gasteiger partial charge in [-0.15, -0.1) is 0 Å². The Kier molecular flexibility index (Phi) is 6.42. The first-order valence-corrected chi connectivity index (χ1v) is 8.95. The highest BCUT2D eigenvalue weighted by Crippen LogP contribution is 2.35. The number of ether oxygens (including phenoxy) is 2. The molecule has 1 saturated heterocycles. The molecule has 7 heteroatoms.